The van der Waals surface area contributed by atoms with Crippen LogP contribution < -0.4 is 5.32 Å². The van der Waals surface area contributed by atoms with Crippen LogP contribution >= 0.6 is 11.6 Å². The zero-order chi connectivity index (χ0) is 13.0. The van der Waals surface area contributed by atoms with Crippen LogP contribution in [0.15, 0.2) is 0 Å². The van der Waals surface area contributed by atoms with Gasteiger partial charge in [0.05, 0.1) is 16.4 Å². The van der Waals surface area contributed by atoms with Gasteiger partial charge in [0.2, 0.25) is 0 Å². The molecule has 1 aromatic rings. The fourth-order valence-electron chi connectivity index (χ4n) is 2.35. The molecule has 1 rings (SSSR count). The van der Waals surface area contributed by atoms with E-state index in [0.29, 0.717) is 12.0 Å². The summed E-state index contributed by atoms with van der Waals surface area (Å²) in [6, 6.07) is 0.558. The van der Waals surface area contributed by atoms with Gasteiger partial charge in [-0.25, -0.2) is 0 Å². The van der Waals surface area contributed by atoms with Gasteiger partial charge >= 0.3 is 0 Å². The SMILES string of the molecule is CCNC(C)CC(C)Cc1c(Cl)c(C)nn1C. The molecule has 0 saturated heterocycles. The lowest BCUT2D eigenvalue weighted by Gasteiger charge is -2.18. The summed E-state index contributed by atoms with van der Waals surface area (Å²) in [7, 11) is 1.97. The van der Waals surface area contributed by atoms with Crippen LogP contribution in [0.1, 0.15) is 38.6 Å². The molecule has 0 bridgehead atoms. The van der Waals surface area contributed by atoms with Crippen molar-refractivity contribution >= 4 is 11.6 Å². The van der Waals surface area contributed by atoms with Gasteiger partial charge in [-0.1, -0.05) is 25.4 Å². The smallest absolute Gasteiger partial charge is 0.0847 e. The van der Waals surface area contributed by atoms with Crippen molar-refractivity contribution in [2.75, 3.05) is 6.54 Å². The van der Waals surface area contributed by atoms with E-state index in [1.54, 1.807) is 0 Å². The second kappa shape index (κ2) is 6.41. The highest BCUT2D eigenvalue weighted by atomic mass is 35.5. The zero-order valence-corrected chi connectivity index (χ0v) is 12.3. The molecule has 0 aliphatic heterocycles. The molecule has 0 radical (unpaired) electrons. The maximum Gasteiger partial charge on any atom is 0.0847 e. The molecule has 4 heteroatoms. The Morgan fingerprint density at radius 1 is 1.41 bits per heavy atom. The van der Waals surface area contributed by atoms with E-state index in [4.69, 9.17) is 11.6 Å². The number of halogens is 1. The number of rotatable bonds is 6. The van der Waals surface area contributed by atoms with Crippen molar-refractivity contribution in [2.45, 2.75) is 46.6 Å². The molecule has 3 nitrogen and oxygen atoms in total. The summed E-state index contributed by atoms with van der Waals surface area (Å²) in [4.78, 5) is 0. The number of nitrogens with zero attached hydrogens (tertiary/aromatic N) is 2. The van der Waals surface area contributed by atoms with Crippen LogP contribution in [-0.4, -0.2) is 22.4 Å². The molecule has 98 valence electrons. The van der Waals surface area contributed by atoms with Gasteiger partial charge in [-0.3, -0.25) is 4.68 Å². The molecule has 2 unspecified atom stereocenters. The Labute approximate surface area is 110 Å². The van der Waals surface area contributed by atoms with Crippen LogP contribution in [0.25, 0.3) is 0 Å². The Balaban J connectivity index is 2.58. The van der Waals surface area contributed by atoms with E-state index in [-0.39, 0.29) is 0 Å². The Hall–Kier alpha value is -0.540. The fourth-order valence-corrected chi connectivity index (χ4v) is 2.59. The van der Waals surface area contributed by atoms with Crippen LogP contribution in [0.4, 0.5) is 0 Å². The molecule has 1 aromatic heterocycles. The number of nitrogens with one attached hydrogen (secondary N) is 1. The van der Waals surface area contributed by atoms with Gasteiger partial charge < -0.3 is 5.32 Å². The highest BCUT2D eigenvalue weighted by Gasteiger charge is 2.15. The molecule has 0 saturated carbocycles. The standard InChI is InChI=1S/C13H24ClN3/c1-6-15-10(3)7-9(2)8-12-13(14)11(4)16-17(12)5/h9-10,15H,6-8H2,1-5H3. The third kappa shape index (κ3) is 4.00. The molecule has 1 heterocycles. The van der Waals surface area contributed by atoms with Crippen molar-refractivity contribution in [1.82, 2.24) is 15.1 Å². The van der Waals surface area contributed by atoms with Crippen LogP contribution in [0.3, 0.4) is 0 Å². The molecule has 0 aliphatic rings. The summed E-state index contributed by atoms with van der Waals surface area (Å²) in [6.45, 7) is 9.63. The third-order valence-corrected chi connectivity index (χ3v) is 3.60. The van der Waals surface area contributed by atoms with Gasteiger partial charge in [-0.05, 0) is 39.2 Å². The first-order chi connectivity index (χ1) is 7.95. The van der Waals surface area contributed by atoms with Gasteiger partial charge in [0.15, 0.2) is 0 Å². The first kappa shape index (κ1) is 14.5. The fraction of sp³-hybridized carbons (Fsp3) is 0.769. The summed E-state index contributed by atoms with van der Waals surface area (Å²) in [5.41, 5.74) is 2.08. The number of aryl methyl sites for hydroxylation is 2. The topological polar surface area (TPSA) is 29.9 Å². The molecule has 0 amide bonds. The van der Waals surface area contributed by atoms with E-state index in [1.807, 2.05) is 18.7 Å². The van der Waals surface area contributed by atoms with Gasteiger partial charge in [0.25, 0.3) is 0 Å². The van der Waals surface area contributed by atoms with E-state index in [1.165, 1.54) is 0 Å². The minimum atomic E-state index is 0.558. The normalized spacial score (nSPS) is 14.9. The quantitative estimate of drug-likeness (QED) is 0.849. The van der Waals surface area contributed by atoms with Crippen molar-refractivity contribution in [1.29, 1.82) is 0 Å². The molecule has 0 fully saturated rings. The van der Waals surface area contributed by atoms with Crippen LogP contribution in [0, 0.1) is 12.8 Å². The van der Waals surface area contributed by atoms with E-state index in [0.717, 1.165) is 35.8 Å². The van der Waals surface area contributed by atoms with Crippen LogP contribution in [-0.2, 0) is 13.5 Å². The van der Waals surface area contributed by atoms with E-state index >= 15 is 0 Å². The zero-order valence-electron chi connectivity index (χ0n) is 11.5. The summed E-state index contributed by atoms with van der Waals surface area (Å²) < 4.78 is 1.91. The largest absolute Gasteiger partial charge is 0.315 e. The van der Waals surface area contributed by atoms with E-state index in [9.17, 15) is 0 Å². The monoisotopic (exact) mass is 257 g/mol. The first-order valence-electron chi connectivity index (χ1n) is 6.37. The molecule has 0 aliphatic carbocycles. The second-order valence-electron chi connectivity index (χ2n) is 4.97. The van der Waals surface area contributed by atoms with Gasteiger partial charge in [-0.15, -0.1) is 0 Å². The second-order valence-corrected chi connectivity index (χ2v) is 5.35. The summed E-state index contributed by atoms with van der Waals surface area (Å²) in [6.07, 6.45) is 2.15. The summed E-state index contributed by atoms with van der Waals surface area (Å²) in [5, 5.41) is 8.62. The van der Waals surface area contributed by atoms with E-state index in [2.05, 4.69) is 31.2 Å². The number of hydrogen-bond acceptors (Lipinski definition) is 2. The van der Waals surface area contributed by atoms with Gasteiger partial charge in [-0.2, -0.15) is 5.10 Å². The molecule has 1 N–H and O–H groups in total. The minimum absolute atomic E-state index is 0.558. The number of hydrogen-bond donors (Lipinski definition) is 1. The number of aromatic nitrogens is 2. The Kier molecular flexibility index (Phi) is 5.47. The van der Waals surface area contributed by atoms with Crippen molar-refractivity contribution in [3.8, 4) is 0 Å². The lowest BCUT2D eigenvalue weighted by atomic mass is 9.97. The summed E-state index contributed by atoms with van der Waals surface area (Å²) >= 11 is 6.26. The molecular weight excluding hydrogens is 234 g/mol. The van der Waals surface area contributed by atoms with Gasteiger partial charge in [0.1, 0.15) is 0 Å². The van der Waals surface area contributed by atoms with Crippen molar-refractivity contribution < 1.29 is 0 Å². The molecule has 17 heavy (non-hydrogen) atoms. The molecule has 0 aromatic carbocycles. The molecule has 2 atom stereocenters. The highest BCUT2D eigenvalue weighted by Crippen LogP contribution is 2.23. The maximum atomic E-state index is 6.26. The van der Waals surface area contributed by atoms with Crippen molar-refractivity contribution in [2.24, 2.45) is 13.0 Å². The average molecular weight is 258 g/mol. The maximum absolute atomic E-state index is 6.26. The average Bonchev–Trinajstić information content (AvgIpc) is 2.45. The van der Waals surface area contributed by atoms with E-state index < -0.39 is 0 Å². The van der Waals surface area contributed by atoms with Crippen LogP contribution in [0.5, 0.6) is 0 Å². The lowest BCUT2D eigenvalue weighted by molar-refractivity contribution is 0.419. The Bertz CT molecular complexity index is 360. The predicted molar refractivity (Wildman–Crippen MR) is 73.6 cm³/mol. The first-order valence-corrected chi connectivity index (χ1v) is 6.74. The highest BCUT2D eigenvalue weighted by molar-refractivity contribution is 6.31. The lowest BCUT2D eigenvalue weighted by Crippen LogP contribution is -2.28. The van der Waals surface area contributed by atoms with Crippen LogP contribution in [0.2, 0.25) is 5.02 Å². The molecular formula is C13H24ClN3. The Morgan fingerprint density at radius 3 is 2.53 bits per heavy atom. The minimum Gasteiger partial charge on any atom is -0.315 e. The molecule has 0 spiro atoms. The van der Waals surface area contributed by atoms with Crippen molar-refractivity contribution in [3.63, 3.8) is 0 Å². The third-order valence-electron chi connectivity index (χ3n) is 3.11. The van der Waals surface area contributed by atoms with Gasteiger partial charge in [0, 0.05) is 13.1 Å². The predicted octanol–water partition coefficient (Wildman–Crippen LogP) is 2.95. The van der Waals surface area contributed by atoms with Crippen molar-refractivity contribution in [3.05, 3.63) is 16.4 Å². The Morgan fingerprint density at radius 2 is 2.06 bits per heavy atom. The summed E-state index contributed by atoms with van der Waals surface area (Å²) in [5.74, 6) is 0.608.